The van der Waals surface area contributed by atoms with Crippen molar-refractivity contribution < 1.29 is 9.84 Å². The number of hydrogen-bond acceptors (Lipinski definition) is 6. The minimum Gasteiger partial charge on any atom is -0.390 e. The van der Waals surface area contributed by atoms with E-state index >= 15 is 0 Å². The van der Waals surface area contributed by atoms with Crippen molar-refractivity contribution >= 4 is 11.3 Å². The highest BCUT2D eigenvalue weighted by molar-refractivity contribution is 7.09. The minimum absolute atomic E-state index is 0.00901. The molecule has 0 bridgehead atoms. The molecule has 124 valence electrons. The molecule has 1 aliphatic heterocycles. The first kappa shape index (κ1) is 16.3. The highest BCUT2D eigenvalue weighted by atomic mass is 32.1. The maximum Gasteiger partial charge on any atom is 0.113 e. The van der Waals surface area contributed by atoms with Crippen molar-refractivity contribution in [2.24, 2.45) is 0 Å². The lowest BCUT2D eigenvalue weighted by atomic mass is 9.98. The smallest absolute Gasteiger partial charge is 0.113 e. The number of hydrogen-bond donors (Lipinski definition) is 2. The van der Waals surface area contributed by atoms with Crippen LogP contribution in [0.15, 0.2) is 5.38 Å². The Kier molecular flexibility index (Phi) is 5.46. The highest BCUT2D eigenvalue weighted by Gasteiger charge is 2.38. The predicted molar refractivity (Wildman–Crippen MR) is 88.3 cm³/mol. The van der Waals surface area contributed by atoms with Gasteiger partial charge >= 0.3 is 0 Å². The molecule has 0 aromatic carbocycles. The van der Waals surface area contributed by atoms with Gasteiger partial charge in [0.2, 0.25) is 0 Å². The van der Waals surface area contributed by atoms with Crippen LogP contribution in [0.4, 0.5) is 0 Å². The number of nitrogens with zero attached hydrogens (tertiary/aromatic N) is 2. The summed E-state index contributed by atoms with van der Waals surface area (Å²) >= 11 is 1.75. The number of aromatic nitrogens is 1. The van der Waals surface area contributed by atoms with Gasteiger partial charge in [-0.1, -0.05) is 12.8 Å². The van der Waals surface area contributed by atoms with Crippen LogP contribution in [0.5, 0.6) is 0 Å². The highest BCUT2D eigenvalue weighted by Crippen LogP contribution is 2.40. The van der Waals surface area contributed by atoms with Crippen LogP contribution in [0.2, 0.25) is 0 Å². The third kappa shape index (κ3) is 3.86. The fraction of sp³-hybridized carbons (Fsp3) is 0.812. The number of aliphatic hydroxyl groups excluding tert-OH is 1. The Labute approximate surface area is 136 Å². The van der Waals surface area contributed by atoms with Gasteiger partial charge in [0, 0.05) is 37.3 Å². The maximum atomic E-state index is 10.4. The summed E-state index contributed by atoms with van der Waals surface area (Å²) in [6, 6.07) is 0. The maximum absolute atomic E-state index is 10.4. The standard InChI is InChI=1S/C16H27N3O2S/c1-13-12-22-15(18-13)16(4-2-3-5-16)17-10-14(20)11-19-6-8-21-9-7-19/h12,14,17,20H,2-11H2,1H3. The molecule has 22 heavy (non-hydrogen) atoms. The topological polar surface area (TPSA) is 57.6 Å². The summed E-state index contributed by atoms with van der Waals surface area (Å²) in [7, 11) is 0. The van der Waals surface area contributed by atoms with E-state index < -0.39 is 0 Å². The second-order valence-corrected chi connectivity index (χ2v) is 7.39. The molecule has 1 saturated carbocycles. The van der Waals surface area contributed by atoms with Crippen LogP contribution in [0.25, 0.3) is 0 Å². The normalized spacial score (nSPS) is 23.7. The summed E-state index contributed by atoms with van der Waals surface area (Å²) in [4.78, 5) is 6.99. The van der Waals surface area contributed by atoms with Crippen LogP contribution < -0.4 is 5.32 Å². The second-order valence-electron chi connectivity index (χ2n) is 6.53. The Morgan fingerprint density at radius 3 is 2.77 bits per heavy atom. The van der Waals surface area contributed by atoms with E-state index in [1.807, 2.05) is 0 Å². The van der Waals surface area contributed by atoms with E-state index in [2.05, 4.69) is 22.5 Å². The van der Waals surface area contributed by atoms with Crippen LogP contribution in [0.3, 0.4) is 0 Å². The molecule has 2 heterocycles. The summed E-state index contributed by atoms with van der Waals surface area (Å²) in [6.45, 7) is 6.82. The summed E-state index contributed by atoms with van der Waals surface area (Å²) in [5.74, 6) is 0. The van der Waals surface area contributed by atoms with Crippen LogP contribution in [-0.4, -0.2) is 60.5 Å². The zero-order valence-electron chi connectivity index (χ0n) is 13.4. The SMILES string of the molecule is Cc1csc(C2(NCC(O)CN3CCOCC3)CCCC2)n1. The Balaban J connectivity index is 1.55. The molecule has 2 N–H and O–H groups in total. The Morgan fingerprint density at radius 2 is 2.14 bits per heavy atom. The van der Waals surface area contributed by atoms with Crippen molar-refractivity contribution in [1.82, 2.24) is 15.2 Å². The van der Waals surface area contributed by atoms with Gasteiger partial charge in [0.1, 0.15) is 5.01 Å². The van der Waals surface area contributed by atoms with E-state index in [1.54, 1.807) is 11.3 Å². The number of β-amino-alcohol motifs (C(OH)–C–C–N with tert-alkyl or cyclic N) is 1. The molecule has 1 atom stereocenters. The van der Waals surface area contributed by atoms with Gasteiger partial charge < -0.3 is 15.2 Å². The molecule has 1 unspecified atom stereocenters. The van der Waals surface area contributed by atoms with Crippen molar-refractivity contribution in [3.8, 4) is 0 Å². The third-order valence-electron chi connectivity index (χ3n) is 4.73. The predicted octanol–water partition coefficient (Wildman–Crippen LogP) is 1.50. The molecule has 0 spiro atoms. The second kappa shape index (κ2) is 7.36. The van der Waals surface area contributed by atoms with Gasteiger partial charge in [0.15, 0.2) is 0 Å². The van der Waals surface area contributed by atoms with Crippen molar-refractivity contribution in [3.63, 3.8) is 0 Å². The largest absolute Gasteiger partial charge is 0.390 e. The molecule has 0 radical (unpaired) electrons. The van der Waals surface area contributed by atoms with E-state index in [4.69, 9.17) is 9.72 Å². The molecule has 1 aromatic rings. The lowest BCUT2D eigenvalue weighted by Crippen LogP contribution is -2.48. The van der Waals surface area contributed by atoms with Gasteiger partial charge in [-0.05, 0) is 19.8 Å². The number of ether oxygens (including phenoxy) is 1. The Hall–Kier alpha value is -0.530. The molecule has 1 aliphatic carbocycles. The van der Waals surface area contributed by atoms with Gasteiger partial charge in [-0.15, -0.1) is 11.3 Å². The number of thiazole rings is 1. The summed E-state index contributed by atoms with van der Waals surface area (Å²) in [5.41, 5.74) is 1.09. The van der Waals surface area contributed by atoms with E-state index in [0.29, 0.717) is 6.54 Å². The summed E-state index contributed by atoms with van der Waals surface area (Å²) in [5, 5.41) is 17.3. The molecule has 1 saturated heterocycles. The van der Waals surface area contributed by atoms with Crippen molar-refractivity contribution in [2.75, 3.05) is 39.4 Å². The van der Waals surface area contributed by atoms with Crippen LogP contribution in [0.1, 0.15) is 36.4 Å². The quantitative estimate of drug-likeness (QED) is 0.830. The molecule has 1 aromatic heterocycles. The fourth-order valence-electron chi connectivity index (χ4n) is 3.48. The van der Waals surface area contributed by atoms with E-state index in [9.17, 15) is 5.11 Å². The average Bonchev–Trinajstić information content (AvgIpc) is 3.16. The number of morpholine rings is 1. The Bertz CT molecular complexity index is 468. The van der Waals surface area contributed by atoms with Gasteiger partial charge in [-0.2, -0.15) is 0 Å². The molecule has 0 amide bonds. The summed E-state index contributed by atoms with van der Waals surface area (Å²) in [6.07, 6.45) is 4.40. The molecular formula is C16H27N3O2S. The zero-order chi connectivity index (χ0) is 15.4. The Morgan fingerprint density at radius 1 is 1.41 bits per heavy atom. The molecule has 2 aliphatic rings. The van der Waals surface area contributed by atoms with Crippen LogP contribution in [-0.2, 0) is 10.3 Å². The zero-order valence-corrected chi connectivity index (χ0v) is 14.2. The van der Waals surface area contributed by atoms with E-state index in [1.165, 1.54) is 17.8 Å². The van der Waals surface area contributed by atoms with Gasteiger partial charge in [-0.25, -0.2) is 4.98 Å². The number of rotatable bonds is 6. The number of nitrogens with one attached hydrogen (secondary N) is 1. The van der Waals surface area contributed by atoms with E-state index in [0.717, 1.165) is 51.4 Å². The molecule has 2 fully saturated rings. The average molecular weight is 325 g/mol. The van der Waals surface area contributed by atoms with Gasteiger partial charge in [0.05, 0.1) is 24.9 Å². The monoisotopic (exact) mass is 325 g/mol. The first-order valence-electron chi connectivity index (χ1n) is 8.34. The van der Waals surface area contributed by atoms with Crippen molar-refractivity contribution in [1.29, 1.82) is 0 Å². The fourth-order valence-corrected chi connectivity index (χ4v) is 4.51. The van der Waals surface area contributed by atoms with Gasteiger partial charge in [-0.3, -0.25) is 4.90 Å². The van der Waals surface area contributed by atoms with E-state index in [-0.39, 0.29) is 11.6 Å². The molecule has 5 nitrogen and oxygen atoms in total. The lowest BCUT2D eigenvalue weighted by molar-refractivity contribution is 0.0133. The van der Waals surface area contributed by atoms with Gasteiger partial charge in [0.25, 0.3) is 0 Å². The molecule has 3 rings (SSSR count). The minimum atomic E-state index is -0.336. The lowest BCUT2D eigenvalue weighted by Gasteiger charge is -2.32. The van der Waals surface area contributed by atoms with Crippen molar-refractivity contribution in [2.45, 2.75) is 44.2 Å². The molecular weight excluding hydrogens is 298 g/mol. The third-order valence-corrected chi connectivity index (χ3v) is 5.90. The number of aliphatic hydroxyl groups is 1. The molecule has 6 heteroatoms. The van der Waals surface area contributed by atoms with Crippen LogP contribution >= 0.6 is 11.3 Å². The van der Waals surface area contributed by atoms with Crippen molar-refractivity contribution in [3.05, 3.63) is 16.1 Å². The first-order chi connectivity index (χ1) is 10.7. The van der Waals surface area contributed by atoms with Crippen LogP contribution in [0, 0.1) is 6.92 Å². The first-order valence-corrected chi connectivity index (χ1v) is 9.22. The number of aryl methyl sites for hydroxylation is 1. The summed E-state index contributed by atoms with van der Waals surface area (Å²) < 4.78 is 5.35.